The lowest BCUT2D eigenvalue weighted by Gasteiger charge is -2.39. The SMILES string of the molecule is C1COC(CNC2CCOC3(CCCC3)C2)C1. The molecule has 2 aliphatic heterocycles. The molecule has 2 heterocycles. The molecule has 1 aliphatic carbocycles. The molecule has 0 aromatic carbocycles. The van der Waals surface area contributed by atoms with Crippen LogP contribution in [0.3, 0.4) is 0 Å². The third kappa shape index (κ3) is 2.83. The van der Waals surface area contributed by atoms with Gasteiger partial charge in [-0.1, -0.05) is 12.8 Å². The van der Waals surface area contributed by atoms with E-state index in [0.29, 0.717) is 12.1 Å². The van der Waals surface area contributed by atoms with Crippen molar-refractivity contribution in [2.75, 3.05) is 19.8 Å². The second kappa shape index (κ2) is 5.25. The van der Waals surface area contributed by atoms with E-state index >= 15 is 0 Å². The van der Waals surface area contributed by atoms with E-state index in [1.54, 1.807) is 0 Å². The molecule has 2 unspecified atom stereocenters. The average Bonchev–Trinajstić information content (AvgIpc) is 2.99. The zero-order chi connectivity index (χ0) is 11.6. The Hall–Kier alpha value is -0.120. The van der Waals surface area contributed by atoms with Gasteiger partial charge in [-0.25, -0.2) is 0 Å². The van der Waals surface area contributed by atoms with Gasteiger partial charge in [0.2, 0.25) is 0 Å². The van der Waals surface area contributed by atoms with Crippen molar-refractivity contribution >= 4 is 0 Å². The Kier molecular flexibility index (Phi) is 3.69. The lowest BCUT2D eigenvalue weighted by Crippen LogP contribution is -2.47. The highest BCUT2D eigenvalue weighted by atomic mass is 16.5. The van der Waals surface area contributed by atoms with Crippen LogP contribution in [0.4, 0.5) is 0 Å². The summed E-state index contributed by atoms with van der Waals surface area (Å²) in [6.45, 7) is 2.95. The van der Waals surface area contributed by atoms with E-state index in [4.69, 9.17) is 9.47 Å². The maximum Gasteiger partial charge on any atom is 0.0700 e. The summed E-state index contributed by atoms with van der Waals surface area (Å²) in [5, 5.41) is 3.71. The summed E-state index contributed by atoms with van der Waals surface area (Å²) < 4.78 is 11.7. The number of hydrogen-bond donors (Lipinski definition) is 1. The van der Waals surface area contributed by atoms with Gasteiger partial charge in [-0.3, -0.25) is 0 Å². The molecular weight excluding hydrogens is 214 g/mol. The topological polar surface area (TPSA) is 30.5 Å². The van der Waals surface area contributed by atoms with E-state index < -0.39 is 0 Å². The molecule has 98 valence electrons. The van der Waals surface area contributed by atoms with Crippen molar-refractivity contribution in [1.29, 1.82) is 0 Å². The van der Waals surface area contributed by atoms with Crippen molar-refractivity contribution in [2.24, 2.45) is 0 Å². The molecule has 1 spiro atoms. The van der Waals surface area contributed by atoms with Gasteiger partial charge >= 0.3 is 0 Å². The molecule has 0 aromatic heterocycles. The van der Waals surface area contributed by atoms with E-state index in [1.165, 1.54) is 51.4 Å². The number of rotatable bonds is 3. The second-order valence-electron chi connectivity index (χ2n) is 5.97. The summed E-state index contributed by atoms with van der Waals surface area (Å²) >= 11 is 0. The smallest absolute Gasteiger partial charge is 0.0700 e. The van der Waals surface area contributed by atoms with Crippen molar-refractivity contribution in [3.05, 3.63) is 0 Å². The van der Waals surface area contributed by atoms with Crippen LogP contribution in [-0.4, -0.2) is 37.5 Å². The molecule has 0 bridgehead atoms. The van der Waals surface area contributed by atoms with Crippen molar-refractivity contribution in [3.63, 3.8) is 0 Å². The van der Waals surface area contributed by atoms with E-state index in [9.17, 15) is 0 Å². The highest BCUT2D eigenvalue weighted by Gasteiger charge is 2.39. The monoisotopic (exact) mass is 239 g/mol. The molecule has 1 saturated carbocycles. The van der Waals surface area contributed by atoms with Crippen LogP contribution in [0, 0.1) is 0 Å². The summed E-state index contributed by atoms with van der Waals surface area (Å²) in [5.74, 6) is 0. The van der Waals surface area contributed by atoms with Crippen molar-refractivity contribution in [1.82, 2.24) is 5.32 Å². The van der Waals surface area contributed by atoms with E-state index in [0.717, 1.165) is 19.8 Å². The van der Waals surface area contributed by atoms with Crippen molar-refractivity contribution in [2.45, 2.75) is 69.1 Å². The summed E-state index contributed by atoms with van der Waals surface area (Å²) in [7, 11) is 0. The largest absolute Gasteiger partial charge is 0.377 e. The molecule has 3 nitrogen and oxygen atoms in total. The van der Waals surface area contributed by atoms with Crippen molar-refractivity contribution in [3.8, 4) is 0 Å². The molecule has 0 amide bonds. The molecule has 0 radical (unpaired) electrons. The first-order valence-corrected chi connectivity index (χ1v) is 7.35. The van der Waals surface area contributed by atoms with Crippen LogP contribution >= 0.6 is 0 Å². The van der Waals surface area contributed by atoms with Gasteiger partial charge in [0, 0.05) is 25.8 Å². The summed E-state index contributed by atoms with van der Waals surface area (Å²) in [6, 6.07) is 0.658. The Morgan fingerprint density at radius 1 is 1.06 bits per heavy atom. The minimum absolute atomic E-state index is 0.243. The molecule has 1 N–H and O–H groups in total. The maximum atomic E-state index is 6.06. The summed E-state index contributed by atoms with van der Waals surface area (Å²) in [5.41, 5.74) is 0.243. The Morgan fingerprint density at radius 2 is 1.94 bits per heavy atom. The van der Waals surface area contributed by atoms with Crippen LogP contribution in [0.5, 0.6) is 0 Å². The number of nitrogens with one attached hydrogen (secondary N) is 1. The first-order chi connectivity index (χ1) is 8.36. The quantitative estimate of drug-likeness (QED) is 0.819. The Morgan fingerprint density at radius 3 is 2.71 bits per heavy atom. The molecule has 0 aromatic rings. The van der Waals surface area contributed by atoms with Gasteiger partial charge in [0.05, 0.1) is 11.7 Å². The van der Waals surface area contributed by atoms with Crippen LogP contribution in [0.2, 0.25) is 0 Å². The number of ether oxygens (including phenoxy) is 2. The Labute approximate surface area is 104 Å². The van der Waals surface area contributed by atoms with Gasteiger partial charge in [-0.05, 0) is 38.5 Å². The predicted octanol–water partition coefficient (Wildman–Crippen LogP) is 2.25. The van der Waals surface area contributed by atoms with E-state index in [-0.39, 0.29) is 5.60 Å². The fourth-order valence-electron chi connectivity index (χ4n) is 3.67. The zero-order valence-corrected chi connectivity index (χ0v) is 10.7. The van der Waals surface area contributed by atoms with Crippen LogP contribution in [0.1, 0.15) is 51.4 Å². The fourth-order valence-corrected chi connectivity index (χ4v) is 3.67. The highest BCUT2D eigenvalue weighted by molar-refractivity contribution is 4.93. The molecular formula is C14H25NO2. The van der Waals surface area contributed by atoms with Gasteiger partial charge in [0.25, 0.3) is 0 Å². The molecule has 3 heteroatoms. The summed E-state index contributed by atoms with van der Waals surface area (Å²) in [6.07, 6.45) is 10.6. The first-order valence-electron chi connectivity index (χ1n) is 7.35. The second-order valence-corrected chi connectivity index (χ2v) is 5.97. The Balaban J connectivity index is 1.46. The fraction of sp³-hybridized carbons (Fsp3) is 1.00. The molecule has 3 aliphatic rings. The van der Waals surface area contributed by atoms with Crippen LogP contribution < -0.4 is 5.32 Å². The third-order valence-electron chi connectivity index (χ3n) is 4.67. The van der Waals surface area contributed by atoms with Crippen LogP contribution in [0.15, 0.2) is 0 Å². The summed E-state index contributed by atoms with van der Waals surface area (Å²) in [4.78, 5) is 0. The molecule has 2 atom stereocenters. The van der Waals surface area contributed by atoms with Crippen LogP contribution in [0.25, 0.3) is 0 Å². The third-order valence-corrected chi connectivity index (χ3v) is 4.67. The standard InChI is InChI=1S/C14H25NO2/c1-2-7-14(6-1)10-12(5-9-17-14)15-11-13-4-3-8-16-13/h12-13,15H,1-11H2. The lowest BCUT2D eigenvalue weighted by molar-refractivity contribution is -0.0845. The molecule has 17 heavy (non-hydrogen) atoms. The van der Waals surface area contributed by atoms with E-state index in [2.05, 4.69) is 5.32 Å². The molecule has 2 saturated heterocycles. The highest BCUT2D eigenvalue weighted by Crippen LogP contribution is 2.39. The van der Waals surface area contributed by atoms with E-state index in [1.807, 2.05) is 0 Å². The average molecular weight is 239 g/mol. The van der Waals surface area contributed by atoms with Crippen LogP contribution in [-0.2, 0) is 9.47 Å². The normalized spacial score (nSPS) is 36.7. The number of hydrogen-bond acceptors (Lipinski definition) is 3. The van der Waals surface area contributed by atoms with Gasteiger partial charge in [-0.15, -0.1) is 0 Å². The van der Waals surface area contributed by atoms with Gasteiger partial charge in [0.15, 0.2) is 0 Å². The van der Waals surface area contributed by atoms with Gasteiger partial charge < -0.3 is 14.8 Å². The zero-order valence-electron chi connectivity index (χ0n) is 10.7. The van der Waals surface area contributed by atoms with Gasteiger partial charge in [-0.2, -0.15) is 0 Å². The predicted molar refractivity (Wildman–Crippen MR) is 67.1 cm³/mol. The molecule has 3 rings (SSSR count). The molecule has 3 fully saturated rings. The lowest BCUT2D eigenvalue weighted by atomic mass is 9.89. The van der Waals surface area contributed by atoms with Crippen molar-refractivity contribution < 1.29 is 9.47 Å². The minimum Gasteiger partial charge on any atom is -0.377 e. The van der Waals surface area contributed by atoms with Gasteiger partial charge in [0.1, 0.15) is 0 Å². The Bertz CT molecular complexity index is 245. The first kappa shape index (κ1) is 11.9. The minimum atomic E-state index is 0.243. The maximum absolute atomic E-state index is 6.06.